The van der Waals surface area contributed by atoms with E-state index in [1.807, 2.05) is 0 Å². The van der Waals surface area contributed by atoms with Gasteiger partial charge in [-0.05, 0) is 34.5 Å². The molecule has 0 aliphatic carbocycles. The molecule has 1 aromatic carbocycles. The highest BCUT2D eigenvalue weighted by molar-refractivity contribution is 9.11. The predicted octanol–water partition coefficient (Wildman–Crippen LogP) is 3.37. The van der Waals surface area contributed by atoms with Crippen LogP contribution in [0.15, 0.2) is 21.1 Å². The smallest absolute Gasteiger partial charge is 0.340 e. The van der Waals surface area contributed by atoms with E-state index < -0.39 is 16.0 Å². The van der Waals surface area contributed by atoms with Gasteiger partial charge in [0.05, 0.1) is 24.1 Å². The molecule has 20 heavy (non-hydrogen) atoms. The van der Waals surface area contributed by atoms with Crippen LogP contribution < -0.4 is 4.72 Å². The summed E-state index contributed by atoms with van der Waals surface area (Å²) in [5.41, 5.74) is 0.262. The summed E-state index contributed by atoms with van der Waals surface area (Å²) in [6, 6.07) is 3.11. The van der Waals surface area contributed by atoms with Gasteiger partial charge in [-0.1, -0.05) is 15.9 Å². The Hall–Kier alpha value is -0.310. The molecule has 0 unspecified atom stereocenters. The van der Waals surface area contributed by atoms with E-state index in [0.717, 1.165) is 0 Å². The van der Waals surface area contributed by atoms with Crippen LogP contribution in [0.4, 0.5) is 5.69 Å². The van der Waals surface area contributed by atoms with Gasteiger partial charge in [0, 0.05) is 14.8 Å². The summed E-state index contributed by atoms with van der Waals surface area (Å²) in [6.45, 7) is 0. The fourth-order valence-electron chi connectivity index (χ4n) is 1.40. The Labute approximate surface area is 139 Å². The number of alkyl halides is 1. The number of sulfonamides is 1. The van der Waals surface area contributed by atoms with Crippen molar-refractivity contribution in [3.63, 3.8) is 0 Å². The van der Waals surface area contributed by atoms with Gasteiger partial charge in [0.2, 0.25) is 10.0 Å². The van der Waals surface area contributed by atoms with Gasteiger partial charge in [-0.15, -0.1) is 11.6 Å². The van der Waals surface area contributed by atoms with Gasteiger partial charge in [0.25, 0.3) is 0 Å². The molecule has 0 radical (unpaired) electrons. The standard InChI is InChI=1S/C11H12Br2ClNO4S/c1-19-11(16)8-5-7(12)6-9(13)10(8)15-20(17,18)4-2-3-14/h5-6,15H,2-4H2,1H3. The summed E-state index contributed by atoms with van der Waals surface area (Å²) in [6.07, 6.45) is 0.318. The highest BCUT2D eigenvalue weighted by atomic mass is 79.9. The van der Waals surface area contributed by atoms with E-state index >= 15 is 0 Å². The third-order valence-electron chi connectivity index (χ3n) is 2.26. The van der Waals surface area contributed by atoms with Gasteiger partial charge >= 0.3 is 5.97 Å². The molecule has 0 amide bonds. The number of benzene rings is 1. The number of rotatable bonds is 6. The molecule has 0 saturated heterocycles. The Morgan fingerprint density at radius 2 is 2.05 bits per heavy atom. The average Bonchev–Trinajstić information content (AvgIpc) is 2.38. The van der Waals surface area contributed by atoms with E-state index in [1.54, 1.807) is 6.07 Å². The van der Waals surface area contributed by atoms with Crippen molar-refractivity contribution in [2.75, 3.05) is 23.5 Å². The molecule has 1 aromatic rings. The first-order chi connectivity index (χ1) is 9.30. The maximum Gasteiger partial charge on any atom is 0.340 e. The molecule has 1 rings (SSSR count). The molecule has 1 N–H and O–H groups in total. The zero-order chi connectivity index (χ0) is 15.3. The lowest BCUT2D eigenvalue weighted by Gasteiger charge is -2.13. The minimum Gasteiger partial charge on any atom is -0.465 e. The molecule has 0 heterocycles. The van der Waals surface area contributed by atoms with Crippen molar-refractivity contribution in [1.82, 2.24) is 0 Å². The van der Waals surface area contributed by atoms with Crippen LogP contribution in [0, 0.1) is 0 Å². The molecule has 112 valence electrons. The van der Waals surface area contributed by atoms with Gasteiger partial charge in [-0.25, -0.2) is 13.2 Å². The van der Waals surface area contributed by atoms with Gasteiger partial charge in [0.1, 0.15) is 0 Å². The topological polar surface area (TPSA) is 72.5 Å². The second-order valence-corrected chi connectivity index (χ2v) is 7.76. The number of nitrogens with one attached hydrogen (secondary N) is 1. The number of carbonyl (C=O) groups is 1. The van der Waals surface area contributed by atoms with Gasteiger partial charge < -0.3 is 4.74 Å². The van der Waals surface area contributed by atoms with Crippen molar-refractivity contribution < 1.29 is 17.9 Å². The highest BCUT2D eigenvalue weighted by Gasteiger charge is 2.20. The second-order valence-electron chi connectivity index (χ2n) is 3.77. The Kier molecular flexibility index (Phi) is 6.77. The molecular weight excluding hydrogens is 437 g/mol. The maximum atomic E-state index is 11.9. The van der Waals surface area contributed by atoms with Crippen LogP contribution in [-0.4, -0.2) is 33.1 Å². The zero-order valence-electron chi connectivity index (χ0n) is 10.5. The lowest BCUT2D eigenvalue weighted by molar-refractivity contribution is 0.0602. The summed E-state index contributed by atoms with van der Waals surface area (Å²) >= 11 is 11.9. The van der Waals surface area contributed by atoms with E-state index in [4.69, 9.17) is 11.6 Å². The van der Waals surface area contributed by atoms with E-state index in [0.29, 0.717) is 15.4 Å². The molecule has 0 aliphatic heterocycles. The number of halogens is 3. The maximum absolute atomic E-state index is 11.9. The lowest BCUT2D eigenvalue weighted by atomic mass is 10.2. The Balaban J connectivity index is 3.20. The molecule has 0 atom stereocenters. The molecule has 0 fully saturated rings. The minimum atomic E-state index is -3.58. The molecule has 9 heteroatoms. The first-order valence-corrected chi connectivity index (χ1v) is 9.22. The van der Waals surface area contributed by atoms with Crippen LogP contribution in [0.1, 0.15) is 16.8 Å². The summed E-state index contributed by atoms with van der Waals surface area (Å²) in [7, 11) is -2.36. The van der Waals surface area contributed by atoms with Crippen LogP contribution >= 0.6 is 43.5 Å². The first kappa shape index (κ1) is 17.7. The molecule has 0 aromatic heterocycles. The fraction of sp³-hybridized carbons (Fsp3) is 0.364. The van der Waals surface area contributed by atoms with Crippen LogP contribution in [0.5, 0.6) is 0 Å². The Morgan fingerprint density at radius 1 is 1.40 bits per heavy atom. The fourth-order valence-corrected chi connectivity index (χ4v) is 4.30. The van der Waals surface area contributed by atoms with E-state index in [-0.39, 0.29) is 22.9 Å². The normalized spacial score (nSPS) is 11.2. The Bertz CT molecular complexity index is 607. The lowest BCUT2D eigenvalue weighted by Crippen LogP contribution is -2.19. The van der Waals surface area contributed by atoms with Crippen LogP contribution in [-0.2, 0) is 14.8 Å². The average molecular weight is 450 g/mol. The summed E-state index contributed by atoms with van der Waals surface area (Å²) in [5.74, 6) is -0.520. The largest absolute Gasteiger partial charge is 0.465 e. The number of carbonyl (C=O) groups excluding carboxylic acids is 1. The second kappa shape index (κ2) is 7.63. The van der Waals surface area contributed by atoms with Gasteiger partial charge in [-0.2, -0.15) is 0 Å². The number of methoxy groups -OCH3 is 1. The van der Waals surface area contributed by atoms with Crippen molar-refractivity contribution in [1.29, 1.82) is 0 Å². The number of hydrogen-bond acceptors (Lipinski definition) is 4. The van der Waals surface area contributed by atoms with Crippen molar-refractivity contribution in [3.05, 3.63) is 26.6 Å². The van der Waals surface area contributed by atoms with E-state index in [1.165, 1.54) is 13.2 Å². The van der Waals surface area contributed by atoms with Crippen LogP contribution in [0.25, 0.3) is 0 Å². The molecule has 5 nitrogen and oxygen atoms in total. The molecule has 0 bridgehead atoms. The first-order valence-electron chi connectivity index (χ1n) is 5.44. The summed E-state index contributed by atoms with van der Waals surface area (Å²) in [5, 5.41) is 0. The van der Waals surface area contributed by atoms with E-state index in [9.17, 15) is 13.2 Å². The number of hydrogen-bond donors (Lipinski definition) is 1. The van der Waals surface area contributed by atoms with Crippen molar-refractivity contribution in [3.8, 4) is 0 Å². The third-order valence-corrected chi connectivity index (χ3v) is 4.96. The predicted molar refractivity (Wildman–Crippen MR) is 85.9 cm³/mol. The van der Waals surface area contributed by atoms with Crippen LogP contribution in [0.3, 0.4) is 0 Å². The SMILES string of the molecule is COC(=O)c1cc(Br)cc(Br)c1NS(=O)(=O)CCCCl. The molecule has 0 spiro atoms. The monoisotopic (exact) mass is 447 g/mol. The van der Waals surface area contributed by atoms with Crippen molar-refractivity contribution >= 4 is 65.1 Å². The number of ether oxygens (including phenoxy) is 1. The Morgan fingerprint density at radius 3 is 2.60 bits per heavy atom. The number of anilines is 1. The summed E-state index contributed by atoms with van der Waals surface area (Å²) in [4.78, 5) is 11.7. The molecule has 0 saturated carbocycles. The molecular formula is C11H12Br2ClNO4S. The van der Waals surface area contributed by atoms with E-state index in [2.05, 4.69) is 41.3 Å². The van der Waals surface area contributed by atoms with Crippen LogP contribution in [0.2, 0.25) is 0 Å². The molecule has 0 aliphatic rings. The highest BCUT2D eigenvalue weighted by Crippen LogP contribution is 2.32. The quantitative estimate of drug-likeness (QED) is 0.534. The van der Waals surface area contributed by atoms with Crippen molar-refractivity contribution in [2.24, 2.45) is 0 Å². The van der Waals surface area contributed by atoms with Gasteiger partial charge in [-0.3, -0.25) is 4.72 Å². The number of esters is 1. The van der Waals surface area contributed by atoms with Crippen molar-refractivity contribution in [2.45, 2.75) is 6.42 Å². The summed E-state index contributed by atoms with van der Waals surface area (Å²) < 4.78 is 31.9. The minimum absolute atomic E-state index is 0.114. The van der Waals surface area contributed by atoms with Gasteiger partial charge in [0.15, 0.2) is 0 Å². The zero-order valence-corrected chi connectivity index (χ0v) is 15.2. The third kappa shape index (κ3) is 4.91.